The van der Waals surface area contributed by atoms with Crippen LogP contribution in [0.4, 0.5) is 0 Å². The molecule has 2 rings (SSSR count). The van der Waals surface area contributed by atoms with Gasteiger partial charge in [-0.15, -0.1) is 0 Å². The van der Waals surface area contributed by atoms with Gasteiger partial charge in [-0.3, -0.25) is 4.79 Å². The number of carbonyl (C=O) groups excluding carboxylic acids is 1. The first kappa shape index (κ1) is 13.5. The van der Waals surface area contributed by atoms with E-state index in [4.69, 9.17) is 5.73 Å². The smallest absolute Gasteiger partial charge is 0.214 e. The van der Waals surface area contributed by atoms with Crippen LogP contribution in [0.1, 0.15) is 45.4 Å². The predicted octanol–water partition coefficient (Wildman–Crippen LogP) is 0.844. The van der Waals surface area contributed by atoms with Crippen LogP contribution in [0.2, 0.25) is 0 Å². The van der Waals surface area contributed by atoms with Crippen molar-refractivity contribution in [2.75, 3.05) is 13.1 Å². The van der Waals surface area contributed by atoms with E-state index in [-0.39, 0.29) is 5.91 Å². The molecule has 1 amide bonds. The fourth-order valence-electron chi connectivity index (χ4n) is 2.57. The van der Waals surface area contributed by atoms with Crippen LogP contribution in [-0.4, -0.2) is 36.0 Å². The average Bonchev–Trinajstić information content (AvgIpc) is 2.71. The average molecular weight is 227 g/mol. The Morgan fingerprint density at radius 1 is 1.12 bits per heavy atom. The summed E-state index contributed by atoms with van der Waals surface area (Å²) in [7, 11) is 0. The van der Waals surface area contributed by atoms with E-state index >= 15 is 0 Å². The molecule has 4 N–H and O–H groups in total. The van der Waals surface area contributed by atoms with Gasteiger partial charge in [-0.2, -0.15) is 0 Å². The zero-order chi connectivity index (χ0) is 12.0. The number of nitrogens with zero attached hydrogens (tertiary/aromatic N) is 1. The van der Waals surface area contributed by atoms with Crippen molar-refractivity contribution in [1.82, 2.24) is 4.90 Å². The SMILES string of the molecule is CC(N)=O.NC1CCC(N2CCCC2)CC1. The lowest BCUT2D eigenvalue weighted by molar-refractivity contribution is -0.115. The van der Waals surface area contributed by atoms with E-state index in [1.54, 1.807) is 0 Å². The summed E-state index contributed by atoms with van der Waals surface area (Å²) in [6.07, 6.45) is 8.04. The second kappa shape index (κ2) is 6.86. The minimum atomic E-state index is -0.333. The van der Waals surface area contributed by atoms with Crippen LogP contribution in [0.5, 0.6) is 0 Å². The lowest BCUT2D eigenvalue weighted by Crippen LogP contribution is -2.39. The maximum atomic E-state index is 9.22. The molecule has 1 saturated heterocycles. The van der Waals surface area contributed by atoms with Crippen molar-refractivity contribution in [3.63, 3.8) is 0 Å². The van der Waals surface area contributed by atoms with Crippen molar-refractivity contribution in [2.24, 2.45) is 11.5 Å². The largest absolute Gasteiger partial charge is 0.370 e. The van der Waals surface area contributed by atoms with Crippen molar-refractivity contribution in [3.8, 4) is 0 Å². The molecule has 2 aliphatic rings. The Morgan fingerprint density at radius 3 is 2.00 bits per heavy atom. The Hall–Kier alpha value is -0.610. The molecular weight excluding hydrogens is 202 g/mol. The number of hydrogen-bond donors (Lipinski definition) is 2. The van der Waals surface area contributed by atoms with Crippen LogP contribution >= 0.6 is 0 Å². The molecule has 2 fully saturated rings. The Morgan fingerprint density at radius 2 is 1.56 bits per heavy atom. The standard InChI is InChI=1S/C10H20N2.C2H5NO/c11-9-3-5-10(6-4-9)12-7-1-2-8-12;1-2(3)4/h9-10H,1-8,11H2;1H3,(H2,3,4). The third-order valence-corrected chi connectivity index (χ3v) is 3.40. The van der Waals surface area contributed by atoms with Gasteiger partial charge >= 0.3 is 0 Å². The van der Waals surface area contributed by atoms with Gasteiger partial charge in [-0.1, -0.05) is 0 Å². The summed E-state index contributed by atoms with van der Waals surface area (Å²) < 4.78 is 0. The molecule has 0 aromatic heterocycles. The van der Waals surface area contributed by atoms with Crippen molar-refractivity contribution >= 4 is 5.91 Å². The number of carbonyl (C=O) groups is 1. The Labute approximate surface area is 98.3 Å². The van der Waals surface area contributed by atoms with Crippen molar-refractivity contribution in [3.05, 3.63) is 0 Å². The zero-order valence-electron chi connectivity index (χ0n) is 10.3. The molecule has 0 aromatic rings. The van der Waals surface area contributed by atoms with Crippen LogP contribution in [0.25, 0.3) is 0 Å². The van der Waals surface area contributed by atoms with Crippen LogP contribution < -0.4 is 11.5 Å². The normalized spacial score (nSPS) is 30.6. The molecule has 4 nitrogen and oxygen atoms in total. The van der Waals surface area contributed by atoms with Gasteiger partial charge in [0.15, 0.2) is 0 Å². The third-order valence-electron chi connectivity index (χ3n) is 3.40. The second-order valence-corrected chi connectivity index (χ2v) is 4.92. The van der Waals surface area contributed by atoms with Crippen molar-refractivity contribution in [1.29, 1.82) is 0 Å². The first-order valence-electron chi connectivity index (χ1n) is 6.35. The Balaban J connectivity index is 0.000000280. The Kier molecular flexibility index (Phi) is 5.77. The Bertz CT molecular complexity index is 202. The highest BCUT2D eigenvalue weighted by atomic mass is 16.1. The summed E-state index contributed by atoms with van der Waals surface area (Å²) in [4.78, 5) is 11.9. The number of primary amides is 1. The molecule has 1 aliphatic carbocycles. The summed E-state index contributed by atoms with van der Waals surface area (Å²) in [6, 6.07) is 1.39. The number of amides is 1. The summed E-state index contributed by atoms with van der Waals surface area (Å²) >= 11 is 0. The monoisotopic (exact) mass is 227 g/mol. The van der Waals surface area contributed by atoms with Crippen LogP contribution in [0.3, 0.4) is 0 Å². The first-order valence-corrected chi connectivity index (χ1v) is 6.35. The molecule has 0 bridgehead atoms. The van der Waals surface area contributed by atoms with E-state index in [0.29, 0.717) is 6.04 Å². The topological polar surface area (TPSA) is 72.3 Å². The maximum Gasteiger partial charge on any atom is 0.214 e. The molecule has 0 spiro atoms. The second-order valence-electron chi connectivity index (χ2n) is 4.92. The fourth-order valence-corrected chi connectivity index (χ4v) is 2.57. The zero-order valence-corrected chi connectivity index (χ0v) is 10.3. The van der Waals surface area contributed by atoms with Gasteiger partial charge in [0.2, 0.25) is 5.91 Å². The van der Waals surface area contributed by atoms with Crippen molar-refractivity contribution < 1.29 is 4.79 Å². The van der Waals surface area contributed by atoms with E-state index < -0.39 is 0 Å². The molecule has 16 heavy (non-hydrogen) atoms. The summed E-state index contributed by atoms with van der Waals surface area (Å²) in [5, 5.41) is 0. The summed E-state index contributed by atoms with van der Waals surface area (Å²) in [5.41, 5.74) is 10.3. The van der Waals surface area contributed by atoms with E-state index in [1.807, 2.05) is 0 Å². The minimum Gasteiger partial charge on any atom is -0.370 e. The summed E-state index contributed by atoms with van der Waals surface area (Å²) in [5.74, 6) is -0.333. The minimum absolute atomic E-state index is 0.333. The highest BCUT2D eigenvalue weighted by Gasteiger charge is 2.25. The van der Waals surface area contributed by atoms with E-state index in [9.17, 15) is 4.79 Å². The lowest BCUT2D eigenvalue weighted by atomic mass is 9.91. The first-order chi connectivity index (χ1) is 7.59. The number of rotatable bonds is 1. The molecule has 94 valence electrons. The molecule has 0 aromatic carbocycles. The highest BCUT2D eigenvalue weighted by Crippen LogP contribution is 2.24. The van der Waals surface area contributed by atoms with Crippen LogP contribution in [0.15, 0.2) is 0 Å². The number of hydrogen-bond acceptors (Lipinski definition) is 3. The van der Waals surface area contributed by atoms with Gasteiger partial charge < -0.3 is 16.4 Å². The van der Waals surface area contributed by atoms with Gasteiger partial charge in [0, 0.05) is 19.0 Å². The van der Waals surface area contributed by atoms with Gasteiger partial charge in [-0.05, 0) is 51.6 Å². The van der Waals surface area contributed by atoms with E-state index in [0.717, 1.165) is 6.04 Å². The van der Waals surface area contributed by atoms with Gasteiger partial charge in [-0.25, -0.2) is 0 Å². The lowest BCUT2D eigenvalue weighted by Gasteiger charge is -2.33. The van der Waals surface area contributed by atoms with Crippen LogP contribution in [0, 0.1) is 0 Å². The molecule has 1 aliphatic heterocycles. The van der Waals surface area contributed by atoms with E-state index in [1.165, 1.54) is 58.5 Å². The third kappa shape index (κ3) is 4.94. The summed E-state index contributed by atoms with van der Waals surface area (Å²) in [6.45, 7) is 4.00. The van der Waals surface area contributed by atoms with Crippen molar-refractivity contribution in [2.45, 2.75) is 57.5 Å². The maximum absolute atomic E-state index is 9.22. The number of nitrogens with two attached hydrogens (primary N) is 2. The molecule has 1 heterocycles. The molecule has 1 saturated carbocycles. The van der Waals surface area contributed by atoms with Gasteiger partial charge in [0.25, 0.3) is 0 Å². The van der Waals surface area contributed by atoms with Gasteiger partial charge in [0.05, 0.1) is 0 Å². The molecule has 0 radical (unpaired) electrons. The highest BCUT2D eigenvalue weighted by molar-refractivity contribution is 5.70. The molecular formula is C12H25N3O. The molecule has 4 heteroatoms. The van der Waals surface area contributed by atoms with Crippen LogP contribution in [-0.2, 0) is 4.79 Å². The van der Waals surface area contributed by atoms with Gasteiger partial charge in [0.1, 0.15) is 0 Å². The number of likely N-dealkylation sites (tertiary alicyclic amines) is 1. The predicted molar refractivity (Wildman–Crippen MR) is 65.9 cm³/mol. The fraction of sp³-hybridized carbons (Fsp3) is 0.917. The molecule has 0 atom stereocenters. The molecule has 0 unspecified atom stereocenters. The quantitative estimate of drug-likeness (QED) is 0.697. The van der Waals surface area contributed by atoms with E-state index in [2.05, 4.69) is 10.6 Å².